The fourth-order valence-electron chi connectivity index (χ4n) is 0.750. The molecule has 0 heterocycles. The van der Waals surface area contributed by atoms with Crippen molar-refractivity contribution in [2.45, 2.75) is 13.3 Å². The molecule has 0 unspecified atom stereocenters. The summed E-state index contributed by atoms with van der Waals surface area (Å²) in [7, 11) is 1.50. The predicted molar refractivity (Wildman–Crippen MR) is 58.0 cm³/mol. The highest BCUT2D eigenvalue weighted by Gasteiger charge is 1.99. The van der Waals surface area contributed by atoms with E-state index in [1.165, 1.54) is 19.2 Å². The van der Waals surface area contributed by atoms with Gasteiger partial charge in [-0.1, -0.05) is 6.92 Å². The van der Waals surface area contributed by atoms with Gasteiger partial charge in [0, 0.05) is 12.5 Å². The predicted octanol–water partition coefficient (Wildman–Crippen LogP) is 1.69. The highest BCUT2D eigenvalue weighted by molar-refractivity contribution is 5.79. The van der Waals surface area contributed by atoms with Gasteiger partial charge in [-0.2, -0.15) is 0 Å². The Hall–Kier alpha value is -2.04. The van der Waals surface area contributed by atoms with Crippen LogP contribution in [0.2, 0.25) is 0 Å². The molecule has 0 aliphatic carbocycles. The summed E-state index contributed by atoms with van der Waals surface area (Å²) in [6.45, 7) is 1.60. The lowest BCUT2D eigenvalue weighted by molar-refractivity contribution is -0.136. The number of hydrogen-bond acceptors (Lipinski definition) is 4. The molecule has 5 heteroatoms. The number of carbonyl (C=O) groups excluding carboxylic acids is 1. The fraction of sp³-hybridized carbons (Fsp3) is 0.273. The van der Waals surface area contributed by atoms with Gasteiger partial charge in [-0.3, -0.25) is 9.59 Å². The molecule has 0 atom stereocenters. The van der Waals surface area contributed by atoms with Gasteiger partial charge in [0.05, 0.1) is 12.7 Å². The van der Waals surface area contributed by atoms with E-state index < -0.39 is 5.97 Å². The Bertz CT molecular complexity index is 359. The normalized spacial score (nSPS) is 8.62. The van der Waals surface area contributed by atoms with Crippen molar-refractivity contribution in [1.82, 2.24) is 0 Å². The number of benzene rings is 1. The molecule has 0 spiro atoms. The van der Waals surface area contributed by atoms with Crippen LogP contribution in [0.1, 0.15) is 23.7 Å². The standard InChI is InChI=1S/C8H8O3.C3H6O2/c1-11-7-3-2-6(5-9)8(10)4-7;1-2-3(4)5/h2-5,10H,1H3;2H2,1H3,(H,4,5). The van der Waals surface area contributed by atoms with E-state index in [2.05, 4.69) is 0 Å². The SMILES string of the molecule is CCC(=O)O.COc1ccc(C=O)c(O)c1. The van der Waals surface area contributed by atoms with E-state index in [4.69, 9.17) is 14.9 Å². The number of phenolic OH excluding ortho intramolecular Hbond substituents is 1. The molecule has 0 radical (unpaired) electrons. The minimum atomic E-state index is -0.745. The van der Waals surface area contributed by atoms with E-state index in [0.717, 1.165) is 0 Å². The van der Waals surface area contributed by atoms with E-state index in [1.807, 2.05) is 0 Å². The van der Waals surface area contributed by atoms with E-state index >= 15 is 0 Å². The summed E-state index contributed by atoms with van der Waals surface area (Å²) in [6.07, 6.45) is 0.814. The molecular weight excluding hydrogens is 212 g/mol. The first kappa shape index (κ1) is 14.0. The van der Waals surface area contributed by atoms with Crippen LogP contribution in [0.15, 0.2) is 18.2 Å². The molecule has 0 aliphatic heterocycles. The van der Waals surface area contributed by atoms with Gasteiger partial charge in [0.1, 0.15) is 11.5 Å². The molecule has 2 N–H and O–H groups in total. The van der Waals surface area contributed by atoms with Crippen molar-refractivity contribution in [3.8, 4) is 11.5 Å². The quantitative estimate of drug-likeness (QED) is 0.766. The summed E-state index contributed by atoms with van der Waals surface area (Å²) in [4.78, 5) is 19.6. The van der Waals surface area contributed by atoms with Crippen molar-refractivity contribution in [3.63, 3.8) is 0 Å². The average Bonchev–Trinajstić information content (AvgIpc) is 2.29. The molecule has 88 valence electrons. The van der Waals surface area contributed by atoms with Crippen LogP contribution >= 0.6 is 0 Å². The second-order valence-corrected chi connectivity index (χ2v) is 2.79. The summed E-state index contributed by atoms with van der Waals surface area (Å²) in [5, 5.41) is 16.8. The molecule has 5 nitrogen and oxygen atoms in total. The molecule has 0 fully saturated rings. The number of phenols is 1. The third kappa shape index (κ3) is 4.99. The Morgan fingerprint density at radius 3 is 2.38 bits per heavy atom. The maximum absolute atomic E-state index is 10.2. The van der Waals surface area contributed by atoms with Gasteiger partial charge < -0.3 is 14.9 Å². The van der Waals surface area contributed by atoms with Crippen molar-refractivity contribution in [3.05, 3.63) is 23.8 Å². The van der Waals surface area contributed by atoms with Crippen molar-refractivity contribution in [2.75, 3.05) is 7.11 Å². The zero-order chi connectivity index (χ0) is 12.6. The average molecular weight is 226 g/mol. The molecule has 0 saturated heterocycles. The molecule has 0 amide bonds. The molecular formula is C11H14O5. The third-order valence-corrected chi connectivity index (χ3v) is 1.67. The number of hydrogen-bond donors (Lipinski definition) is 2. The van der Waals surface area contributed by atoms with Crippen LogP contribution in [0, 0.1) is 0 Å². The molecule has 1 aromatic rings. The number of methoxy groups -OCH3 is 1. The number of ether oxygens (including phenoxy) is 1. The van der Waals surface area contributed by atoms with Crippen LogP contribution in [0.3, 0.4) is 0 Å². The number of carboxylic acid groups (broad SMARTS) is 1. The number of carbonyl (C=O) groups is 2. The van der Waals surface area contributed by atoms with Crippen molar-refractivity contribution < 1.29 is 24.5 Å². The lowest BCUT2D eigenvalue weighted by Gasteiger charge is -2.00. The van der Waals surface area contributed by atoms with Gasteiger partial charge in [0.2, 0.25) is 0 Å². The van der Waals surface area contributed by atoms with Gasteiger partial charge in [-0.25, -0.2) is 0 Å². The maximum Gasteiger partial charge on any atom is 0.303 e. The number of rotatable bonds is 3. The molecule has 16 heavy (non-hydrogen) atoms. The van der Waals surface area contributed by atoms with Crippen molar-refractivity contribution in [1.29, 1.82) is 0 Å². The second-order valence-electron chi connectivity index (χ2n) is 2.79. The highest BCUT2D eigenvalue weighted by Crippen LogP contribution is 2.21. The Morgan fingerprint density at radius 2 is 2.06 bits per heavy atom. The molecule has 0 aromatic heterocycles. The lowest BCUT2D eigenvalue weighted by atomic mass is 10.2. The van der Waals surface area contributed by atoms with Gasteiger partial charge in [0.25, 0.3) is 0 Å². The van der Waals surface area contributed by atoms with Gasteiger partial charge in [-0.15, -0.1) is 0 Å². The molecule has 0 saturated carbocycles. The Balaban J connectivity index is 0.000000385. The highest BCUT2D eigenvalue weighted by atomic mass is 16.5. The van der Waals surface area contributed by atoms with Crippen molar-refractivity contribution >= 4 is 12.3 Å². The largest absolute Gasteiger partial charge is 0.507 e. The number of aldehydes is 1. The van der Waals surface area contributed by atoms with Crippen LogP contribution < -0.4 is 4.74 Å². The fourth-order valence-corrected chi connectivity index (χ4v) is 0.750. The summed E-state index contributed by atoms with van der Waals surface area (Å²) < 4.78 is 4.82. The molecule has 0 bridgehead atoms. The zero-order valence-electron chi connectivity index (χ0n) is 9.14. The van der Waals surface area contributed by atoms with E-state index in [0.29, 0.717) is 12.0 Å². The van der Waals surface area contributed by atoms with Gasteiger partial charge in [-0.05, 0) is 12.1 Å². The van der Waals surface area contributed by atoms with Gasteiger partial charge >= 0.3 is 5.97 Å². The molecule has 1 rings (SSSR count). The van der Waals surface area contributed by atoms with Crippen LogP contribution in [-0.4, -0.2) is 29.6 Å². The summed E-state index contributed by atoms with van der Waals surface area (Å²) in [5.41, 5.74) is 0.269. The van der Waals surface area contributed by atoms with E-state index in [-0.39, 0.29) is 17.7 Å². The first-order valence-electron chi connectivity index (χ1n) is 4.59. The summed E-state index contributed by atoms with van der Waals surface area (Å²) >= 11 is 0. The summed E-state index contributed by atoms with van der Waals surface area (Å²) in [6, 6.07) is 4.51. The smallest absolute Gasteiger partial charge is 0.303 e. The number of carboxylic acids is 1. The topological polar surface area (TPSA) is 83.8 Å². The first-order chi connectivity index (χ1) is 7.54. The second kappa shape index (κ2) is 7.28. The molecule has 0 aliphatic rings. The minimum absolute atomic E-state index is 0.0562. The van der Waals surface area contributed by atoms with Gasteiger partial charge in [0.15, 0.2) is 6.29 Å². The van der Waals surface area contributed by atoms with E-state index in [9.17, 15) is 9.59 Å². The van der Waals surface area contributed by atoms with Crippen LogP contribution in [-0.2, 0) is 4.79 Å². The lowest BCUT2D eigenvalue weighted by Crippen LogP contribution is -1.86. The number of aliphatic carboxylic acids is 1. The maximum atomic E-state index is 10.2. The molecule has 1 aromatic carbocycles. The van der Waals surface area contributed by atoms with Crippen LogP contribution in [0.5, 0.6) is 11.5 Å². The van der Waals surface area contributed by atoms with Crippen molar-refractivity contribution in [2.24, 2.45) is 0 Å². The van der Waals surface area contributed by atoms with Crippen LogP contribution in [0.25, 0.3) is 0 Å². The van der Waals surface area contributed by atoms with E-state index in [1.54, 1.807) is 13.0 Å². The minimum Gasteiger partial charge on any atom is -0.507 e. The first-order valence-corrected chi connectivity index (χ1v) is 4.59. The zero-order valence-corrected chi connectivity index (χ0v) is 9.14. The monoisotopic (exact) mass is 226 g/mol. The number of aromatic hydroxyl groups is 1. The Morgan fingerprint density at radius 1 is 1.50 bits per heavy atom. The Kier molecular flexibility index (Phi) is 6.35. The Labute approximate surface area is 93.3 Å². The van der Waals surface area contributed by atoms with Crippen LogP contribution in [0.4, 0.5) is 0 Å². The summed E-state index contributed by atoms with van der Waals surface area (Å²) in [5.74, 6) is -0.266. The third-order valence-electron chi connectivity index (χ3n) is 1.67.